The van der Waals surface area contributed by atoms with Crippen molar-refractivity contribution in [2.24, 2.45) is 0 Å². The average Bonchev–Trinajstić information content (AvgIpc) is 2.49. The Morgan fingerprint density at radius 1 is 0.957 bits per heavy atom. The molecule has 0 unspecified atom stereocenters. The van der Waals surface area contributed by atoms with Crippen LogP contribution in [0.25, 0.3) is 0 Å². The number of amides is 1. The molecule has 0 aromatic heterocycles. The van der Waals surface area contributed by atoms with E-state index in [0.29, 0.717) is 12.8 Å². The number of rotatable bonds is 15. The number of aliphatic carboxylic acids is 1. The van der Waals surface area contributed by atoms with Gasteiger partial charge in [0.1, 0.15) is 11.8 Å². The highest BCUT2D eigenvalue weighted by Gasteiger charge is 2.21. The molecule has 4 nitrogen and oxygen atoms in total. The van der Waals surface area contributed by atoms with Crippen molar-refractivity contribution in [2.45, 2.75) is 83.6 Å². The van der Waals surface area contributed by atoms with Crippen LogP contribution >= 0.6 is 0 Å². The molecular formula is C18H36NO3S+. The summed E-state index contributed by atoms with van der Waals surface area (Å²) in [6.07, 6.45) is 16.1. The summed E-state index contributed by atoms with van der Waals surface area (Å²) < 4.78 is 0. The summed E-state index contributed by atoms with van der Waals surface area (Å²) in [7, 11) is 0.205. The van der Waals surface area contributed by atoms with Gasteiger partial charge in [0.25, 0.3) is 0 Å². The van der Waals surface area contributed by atoms with Crippen LogP contribution in [0.3, 0.4) is 0 Å². The molecule has 0 heterocycles. The molecular weight excluding hydrogens is 310 g/mol. The van der Waals surface area contributed by atoms with E-state index in [1.54, 1.807) is 0 Å². The first-order valence-electron chi connectivity index (χ1n) is 9.03. The fraction of sp³-hybridized carbons (Fsp3) is 0.889. The standard InChI is InChI=1S/C18H35NO3S/c1-4-5-6-7-8-9-10-11-12-13-17(20)19-16(18(21)22)14-15-23(2)3/h16H,4-15H2,1-3H3,(H-,19,20,21,22)/p+1/t16-/m1/s1. The van der Waals surface area contributed by atoms with Crippen LogP contribution in [0.2, 0.25) is 0 Å². The predicted octanol–water partition coefficient (Wildman–Crippen LogP) is 3.74. The van der Waals surface area contributed by atoms with Gasteiger partial charge in [-0.25, -0.2) is 4.79 Å². The number of carboxylic acid groups (broad SMARTS) is 1. The van der Waals surface area contributed by atoms with Crippen molar-refractivity contribution in [3.8, 4) is 0 Å². The molecule has 0 saturated carbocycles. The van der Waals surface area contributed by atoms with Gasteiger partial charge < -0.3 is 10.4 Å². The van der Waals surface area contributed by atoms with Crippen LogP contribution in [-0.4, -0.2) is 41.3 Å². The molecule has 0 spiro atoms. The Hall–Kier alpha value is -0.710. The Labute approximate surface area is 145 Å². The molecule has 0 fully saturated rings. The molecule has 1 amide bonds. The first kappa shape index (κ1) is 22.3. The molecule has 2 N–H and O–H groups in total. The number of unbranched alkanes of at least 4 members (excludes halogenated alkanes) is 8. The van der Waals surface area contributed by atoms with E-state index in [9.17, 15) is 9.59 Å². The number of carbonyl (C=O) groups is 2. The quantitative estimate of drug-likeness (QED) is 0.350. The molecule has 0 saturated heterocycles. The first-order chi connectivity index (χ1) is 11.0. The Bertz CT molecular complexity index is 321. The molecule has 0 aromatic carbocycles. The number of nitrogens with one attached hydrogen (secondary N) is 1. The highest BCUT2D eigenvalue weighted by molar-refractivity contribution is 7.95. The minimum Gasteiger partial charge on any atom is -0.480 e. The summed E-state index contributed by atoms with van der Waals surface area (Å²) in [4.78, 5) is 23.0. The van der Waals surface area contributed by atoms with Crippen molar-refractivity contribution >= 4 is 22.8 Å². The van der Waals surface area contributed by atoms with E-state index in [1.165, 1.54) is 44.9 Å². The second-order valence-electron chi connectivity index (χ2n) is 6.52. The van der Waals surface area contributed by atoms with Crippen molar-refractivity contribution in [1.29, 1.82) is 0 Å². The molecule has 5 heteroatoms. The number of carboxylic acids is 1. The van der Waals surface area contributed by atoms with Crippen LogP contribution in [0.4, 0.5) is 0 Å². The van der Waals surface area contributed by atoms with Crippen molar-refractivity contribution in [3.63, 3.8) is 0 Å². The predicted molar refractivity (Wildman–Crippen MR) is 100 cm³/mol. The van der Waals surface area contributed by atoms with Crippen LogP contribution in [0, 0.1) is 0 Å². The molecule has 1 atom stereocenters. The lowest BCUT2D eigenvalue weighted by molar-refractivity contribution is -0.141. The second kappa shape index (κ2) is 14.9. The van der Waals surface area contributed by atoms with Gasteiger partial charge in [-0.15, -0.1) is 0 Å². The van der Waals surface area contributed by atoms with Gasteiger partial charge in [-0.05, 0) is 17.3 Å². The van der Waals surface area contributed by atoms with Gasteiger partial charge in [0.05, 0.1) is 12.5 Å². The van der Waals surface area contributed by atoms with E-state index in [4.69, 9.17) is 5.11 Å². The van der Waals surface area contributed by atoms with E-state index < -0.39 is 12.0 Å². The van der Waals surface area contributed by atoms with Crippen LogP contribution < -0.4 is 5.32 Å². The van der Waals surface area contributed by atoms with E-state index in [2.05, 4.69) is 24.8 Å². The smallest absolute Gasteiger partial charge is 0.326 e. The highest BCUT2D eigenvalue weighted by Crippen LogP contribution is 2.10. The Balaban J connectivity index is 3.65. The summed E-state index contributed by atoms with van der Waals surface area (Å²) in [5, 5.41) is 11.8. The van der Waals surface area contributed by atoms with Crippen LogP contribution in [0.1, 0.15) is 77.6 Å². The Kier molecular flexibility index (Phi) is 14.4. The monoisotopic (exact) mass is 346 g/mol. The minimum atomic E-state index is -0.920. The summed E-state index contributed by atoms with van der Waals surface area (Å²) >= 11 is 0. The van der Waals surface area contributed by atoms with Crippen LogP contribution in [0.5, 0.6) is 0 Å². The molecule has 0 bridgehead atoms. The SMILES string of the molecule is CCCCCCCCCCCC(=O)N[C@H](CC[S+](C)C)C(=O)O. The van der Waals surface area contributed by atoms with E-state index in [0.717, 1.165) is 18.6 Å². The number of carbonyl (C=O) groups excluding carboxylic acids is 1. The lowest BCUT2D eigenvalue weighted by Gasteiger charge is -2.13. The molecule has 0 aliphatic rings. The maximum Gasteiger partial charge on any atom is 0.326 e. The Morgan fingerprint density at radius 2 is 1.48 bits per heavy atom. The maximum atomic E-state index is 11.8. The summed E-state index contributed by atoms with van der Waals surface area (Å²) in [5.74, 6) is -0.196. The maximum absolute atomic E-state index is 11.8. The summed E-state index contributed by atoms with van der Waals surface area (Å²) in [6.45, 7) is 2.23. The van der Waals surface area contributed by atoms with Crippen molar-refractivity contribution < 1.29 is 14.7 Å². The third-order valence-corrected chi connectivity index (χ3v) is 5.01. The fourth-order valence-corrected chi connectivity index (χ4v) is 3.18. The van der Waals surface area contributed by atoms with Gasteiger partial charge >= 0.3 is 5.97 Å². The van der Waals surface area contributed by atoms with Gasteiger partial charge in [-0.1, -0.05) is 58.3 Å². The fourth-order valence-electron chi connectivity index (χ4n) is 2.47. The van der Waals surface area contributed by atoms with Crippen molar-refractivity contribution in [2.75, 3.05) is 18.3 Å². The van der Waals surface area contributed by atoms with Gasteiger partial charge in [0, 0.05) is 12.8 Å². The molecule has 0 aliphatic heterocycles. The lowest BCUT2D eigenvalue weighted by Crippen LogP contribution is -2.41. The summed E-state index contributed by atoms with van der Waals surface area (Å²) in [5.41, 5.74) is 0. The molecule has 0 aromatic rings. The van der Waals surface area contributed by atoms with E-state index in [-0.39, 0.29) is 16.8 Å². The highest BCUT2D eigenvalue weighted by atomic mass is 32.2. The summed E-state index contributed by atoms with van der Waals surface area (Å²) in [6, 6.07) is -0.726. The van der Waals surface area contributed by atoms with Crippen LogP contribution in [0.15, 0.2) is 0 Å². The molecule has 136 valence electrons. The molecule has 0 radical (unpaired) electrons. The zero-order chi connectivity index (χ0) is 17.5. The molecule has 0 aliphatic carbocycles. The second-order valence-corrected chi connectivity index (χ2v) is 8.89. The van der Waals surface area contributed by atoms with Gasteiger partial charge in [0.15, 0.2) is 0 Å². The van der Waals surface area contributed by atoms with Gasteiger partial charge in [-0.3, -0.25) is 4.79 Å². The number of hydrogen-bond donors (Lipinski definition) is 2. The third kappa shape index (κ3) is 14.6. The zero-order valence-corrected chi connectivity index (χ0v) is 16.1. The number of hydrogen-bond acceptors (Lipinski definition) is 2. The molecule has 0 rings (SSSR count). The first-order valence-corrected chi connectivity index (χ1v) is 11.2. The topological polar surface area (TPSA) is 66.4 Å². The van der Waals surface area contributed by atoms with Crippen molar-refractivity contribution in [1.82, 2.24) is 5.32 Å². The van der Waals surface area contributed by atoms with Gasteiger partial charge in [0.2, 0.25) is 5.91 Å². The largest absolute Gasteiger partial charge is 0.480 e. The van der Waals surface area contributed by atoms with Crippen LogP contribution in [-0.2, 0) is 20.5 Å². The minimum absolute atomic E-state index is 0.118. The zero-order valence-electron chi connectivity index (χ0n) is 15.2. The Morgan fingerprint density at radius 3 is 1.96 bits per heavy atom. The van der Waals surface area contributed by atoms with Gasteiger partial charge in [-0.2, -0.15) is 0 Å². The van der Waals surface area contributed by atoms with E-state index in [1.807, 2.05) is 0 Å². The van der Waals surface area contributed by atoms with E-state index >= 15 is 0 Å². The normalized spacial score (nSPS) is 12.3. The average molecular weight is 347 g/mol. The van der Waals surface area contributed by atoms with Crippen molar-refractivity contribution in [3.05, 3.63) is 0 Å². The molecule has 23 heavy (non-hydrogen) atoms. The third-order valence-electron chi connectivity index (χ3n) is 3.96. The lowest BCUT2D eigenvalue weighted by atomic mass is 10.1.